The van der Waals surface area contributed by atoms with Gasteiger partial charge in [0.05, 0.1) is 0 Å². The van der Waals surface area contributed by atoms with E-state index in [1.807, 2.05) is 0 Å². The lowest BCUT2D eigenvalue weighted by Gasteiger charge is -2.00. The van der Waals surface area contributed by atoms with Crippen LogP contribution in [0.2, 0.25) is 0 Å². The predicted molar refractivity (Wildman–Crippen MR) is 49.7 cm³/mol. The van der Waals surface area contributed by atoms with Gasteiger partial charge in [-0.1, -0.05) is 0 Å². The maximum atomic E-state index is 11.2. The van der Waals surface area contributed by atoms with Crippen molar-refractivity contribution in [1.82, 2.24) is 19.6 Å². The summed E-state index contributed by atoms with van der Waals surface area (Å²) in [6.07, 6.45) is 0. The van der Waals surface area contributed by atoms with Gasteiger partial charge in [0.1, 0.15) is 5.82 Å². The van der Waals surface area contributed by atoms with Crippen LogP contribution in [-0.2, 0) is 10.0 Å². The number of nitrogens with zero attached hydrogens (tertiary/aromatic N) is 3. The van der Waals surface area contributed by atoms with Gasteiger partial charge in [-0.3, -0.25) is 0 Å². The van der Waals surface area contributed by atoms with E-state index in [2.05, 4.69) is 15.2 Å². The summed E-state index contributed by atoms with van der Waals surface area (Å²) in [6.45, 7) is 1.48. The second kappa shape index (κ2) is 2.87. The molecule has 0 radical (unpaired) electrons. The van der Waals surface area contributed by atoms with Crippen molar-refractivity contribution in [2.45, 2.75) is 11.9 Å². The van der Waals surface area contributed by atoms with Gasteiger partial charge in [0.25, 0.3) is 10.0 Å². The number of rotatable bonds is 1. The first-order valence-corrected chi connectivity index (χ1v) is 5.42. The molecule has 0 aliphatic carbocycles. The summed E-state index contributed by atoms with van der Waals surface area (Å²) in [5.74, 6) is 0.204. The summed E-state index contributed by atoms with van der Waals surface area (Å²) in [6, 6.07) is 1.13. The number of fused-ring (bicyclic) bond motifs is 1. The molecular formula is C6H7N5O3S. The quantitative estimate of drug-likeness (QED) is 0.568. The molecule has 0 saturated heterocycles. The monoisotopic (exact) mass is 229 g/mol. The lowest BCUT2D eigenvalue weighted by Crippen LogP contribution is -2.18. The van der Waals surface area contributed by atoms with Gasteiger partial charge in [0, 0.05) is 6.07 Å². The highest BCUT2D eigenvalue weighted by Crippen LogP contribution is 2.06. The van der Waals surface area contributed by atoms with E-state index in [0.717, 1.165) is 10.5 Å². The third kappa shape index (κ3) is 1.51. The van der Waals surface area contributed by atoms with E-state index in [9.17, 15) is 13.2 Å². The van der Waals surface area contributed by atoms with Crippen molar-refractivity contribution in [2.24, 2.45) is 5.14 Å². The molecule has 0 bridgehead atoms. The Morgan fingerprint density at radius 2 is 2.20 bits per heavy atom. The normalized spacial score (nSPS) is 12.1. The van der Waals surface area contributed by atoms with Crippen molar-refractivity contribution < 1.29 is 8.42 Å². The Hall–Kier alpha value is -1.74. The van der Waals surface area contributed by atoms with Crippen molar-refractivity contribution >= 4 is 15.7 Å². The van der Waals surface area contributed by atoms with Gasteiger partial charge in [0.2, 0.25) is 0 Å². The van der Waals surface area contributed by atoms with E-state index in [4.69, 9.17) is 5.14 Å². The number of aryl methyl sites for hydroxylation is 1. The maximum Gasteiger partial charge on any atom is 0.349 e. The summed E-state index contributed by atoms with van der Waals surface area (Å²) < 4.78 is 23.2. The van der Waals surface area contributed by atoms with E-state index >= 15 is 0 Å². The van der Waals surface area contributed by atoms with Gasteiger partial charge in [-0.25, -0.2) is 32.8 Å². The number of H-pyrrole nitrogens is 1. The molecule has 9 heteroatoms. The second-order valence-corrected chi connectivity index (χ2v) is 4.42. The molecule has 0 fully saturated rings. The summed E-state index contributed by atoms with van der Waals surface area (Å²) in [5.41, 5.74) is -0.313. The minimum Gasteiger partial charge on any atom is -0.246 e. The van der Waals surface area contributed by atoms with Crippen molar-refractivity contribution in [3.8, 4) is 0 Å². The average molecular weight is 229 g/mol. The van der Waals surface area contributed by atoms with E-state index in [1.165, 1.54) is 6.92 Å². The summed E-state index contributed by atoms with van der Waals surface area (Å²) >= 11 is 0. The zero-order valence-electron chi connectivity index (χ0n) is 7.63. The predicted octanol–water partition coefficient (Wildman–Crippen LogP) is -1.63. The molecule has 2 rings (SSSR count). The third-order valence-electron chi connectivity index (χ3n) is 1.84. The lowest BCUT2D eigenvalue weighted by atomic mass is 10.5. The van der Waals surface area contributed by atoms with Crippen molar-refractivity contribution in [3.63, 3.8) is 0 Å². The zero-order chi connectivity index (χ0) is 11.2. The number of nitrogens with one attached hydrogen (secondary N) is 1. The average Bonchev–Trinajstić information content (AvgIpc) is 2.46. The molecule has 8 nitrogen and oxygen atoms in total. The van der Waals surface area contributed by atoms with Gasteiger partial charge in [0.15, 0.2) is 10.7 Å². The first kappa shape index (κ1) is 9.80. The van der Waals surface area contributed by atoms with E-state index in [-0.39, 0.29) is 16.5 Å². The van der Waals surface area contributed by atoms with Crippen molar-refractivity contribution in [1.29, 1.82) is 0 Å². The number of primary sulfonamides is 1. The Labute approximate surface area is 83.8 Å². The smallest absolute Gasteiger partial charge is 0.246 e. The highest BCUT2D eigenvalue weighted by molar-refractivity contribution is 7.89. The van der Waals surface area contributed by atoms with Crippen molar-refractivity contribution in [2.75, 3.05) is 0 Å². The second-order valence-electron chi connectivity index (χ2n) is 2.91. The molecule has 3 N–H and O–H groups in total. The van der Waals surface area contributed by atoms with Crippen LogP contribution in [0.4, 0.5) is 0 Å². The molecule has 80 valence electrons. The van der Waals surface area contributed by atoms with Crippen LogP contribution in [0.5, 0.6) is 0 Å². The molecule has 0 atom stereocenters. The largest absolute Gasteiger partial charge is 0.349 e. The standard InChI is InChI=1S/C6H7N5O3S/c1-3-8-5(15(7,13)14)2-4-9-10-6(12)11(3)4/h2H,1H3,(H,10,12)(H2,7,13,14). The molecule has 0 aliphatic heterocycles. The van der Waals surface area contributed by atoms with Crippen LogP contribution in [-0.4, -0.2) is 28.0 Å². The minimum absolute atomic E-state index is 0.163. The Morgan fingerprint density at radius 3 is 2.80 bits per heavy atom. The fourth-order valence-corrected chi connectivity index (χ4v) is 1.75. The summed E-state index contributed by atoms with van der Waals surface area (Å²) in [7, 11) is -3.89. The molecule has 0 spiro atoms. The topological polar surface area (TPSA) is 123 Å². The molecule has 2 aromatic heterocycles. The lowest BCUT2D eigenvalue weighted by molar-refractivity contribution is 0.593. The van der Waals surface area contributed by atoms with Crippen molar-refractivity contribution in [3.05, 3.63) is 22.4 Å². The zero-order valence-corrected chi connectivity index (χ0v) is 8.45. The molecule has 2 heterocycles. The van der Waals surface area contributed by atoms with Crippen LogP contribution < -0.4 is 10.8 Å². The first-order valence-electron chi connectivity index (χ1n) is 3.87. The molecular weight excluding hydrogens is 222 g/mol. The van der Waals surface area contributed by atoms with Gasteiger partial charge in [-0.2, -0.15) is 5.10 Å². The van der Waals surface area contributed by atoms with Gasteiger partial charge >= 0.3 is 5.69 Å². The Morgan fingerprint density at radius 1 is 1.53 bits per heavy atom. The minimum atomic E-state index is -3.89. The fraction of sp³-hybridized carbons (Fsp3) is 0.167. The molecule has 15 heavy (non-hydrogen) atoms. The van der Waals surface area contributed by atoms with Gasteiger partial charge in [-0.05, 0) is 6.92 Å². The van der Waals surface area contributed by atoms with Crippen LogP contribution >= 0.6 is 0 Å². The molecule has 0 aromatic carbocycles. The number of sulfonamides is 1. The fourth-order valence-electron chi connectivity index (χ4n) is 1.22. The van der Waals surface area contributed by atoms with Gasteiger partial charge < -0.3 is 0 Å². The number of hydrogen-bond acceptors (Lipinski definition) is 5. The molecule has 0 saturated carbocycles. The number of hydrogen-bond donors (Lipinski definition) is 2. The number of nitrogens with two attached hydrogens (primary N) is 1. The van der Waals surface area contributed by atoms with Crippen LogP contribution in [0.1, 0.15) is 5.82 Å². The van der Waals surface area contributed by atoms with E-state index in [0.29, 0.717) is 0 Å². The van der Waals surface area contributed by atoms with E-state index < -0.39 is 15.7 Å². The number of aromatic nitrogens is 4. The molecule has 2 aromatic rings. The summed E-state index contributed by atoms with van der Waals surface area (Å²) in [5, 5.41) is 10.4. The summed E-state index contributed by atoms with van der Waals surface area (Å²) in [4.78, 5) is 14.9. The van der Waals surface area contributed by atoms with Crippen LogP contribution in [0.25, 0.3) is 5.65 Å². The molecule has 0 unspecified atom stereocenters. The van der Waals surface area contributed by atoms with Gasteiger partial charge in [-0.15, -0.1) is 0 Å². The first-order chi connectivity index (χ1) is 6.89. The third-order valence-corrected chi connectivity index (χ3v) is 2.63. The molecule has 0 amide bonds. The van der Waals surface area contributed by atoms with E-state index in [1.54, 1.807) is 0 Å². The Balaban J connectivity index is 2.92. The SMILES string of the molecule is Cc1nc(S(N)(=O)=O)cc2n[nH]c(=O)n12. The van der Waals surface area contributed by atoms with Crippen LogP contribution in [0.15, 0.2) is 15.9 Å². The highest BCUT2D eigenvalue weighted by Gasteiger charge is 2.14. The molecule has 0 aliphatic rings. The Kier molecular flexibility index (Phi) is 1.88. The van der Waals surface area contributed by atoms with Crippen LogP contribution in [0.3, 0.4) is 0 Å². The maximum absolute atomic E-state index is 11.2. The highest BCUT2D eigenvalue weighted by atomic mass is 32.2. The Bertz CT molecular complexity index is 682. The number of aromatic amines is 1. The van der Waals surface area contributed by atoms with Crippen LogP contribution in [0, 0.1) is 6.92 Å².